The van der Waals surface area contributed by atoms with E-state index in [2.05, 4.69) is 27.2 Å². The lowest BCUT2D eigenvalue weighted by molar-refractivity contribution is 0.147. The predicted molar refractivity (Wildman–Crippen MR) is 110 cm³/mol. The second-order valence-corrected chi connectivity index (χ2v) is 7.71. The Hall–Kier alpha value is -1.92. The van der Waals surface area contributed by atoms with E-state index < -0.39 is 0 Å². The molecule has 2 N–H and O–H groups in total. The molecular weight excluding hydrogens is 338 g/mol. The van der Waals surface area contributed by atoms with Gasteiger partial charge in [0.25, 0.3) is 0 Å². The molecule has 1 aromatic carbocycles. The third-order valence-corrected chi connectivity index (χ3v) is 5.91. The number of nitrogens with zero attached hydrogens (tertiary/aromatic N) is 4. The molecule has 2 aromatic rings. The smallest absolute Gasteiger partial charge is 0.227 e. The number of aromatic nitrogens is 2. The minimum atomic E-state index is 0.187. The van der Waals surface area contributed by atoms with Gasteiger partial charge < -0.3 is 15.3 Å². The van der Waals surface area contributed by atoms with Crippen LogP contribution in [0.2, 0.25) is 0 Å². The number of piperazine rings is 1. The van der Waals surface area contributed by atoms with E-state index in [0.717, 1.165) is 54.9 Å². The lowest BCUT2D eigenvalue weighted by Gasteiger charge is -2.40. The summed E-state index contributed by atoms with van der Waals surface area (Å²) in [5, 5.41) is 13.5. The Balaban J connectivity index is 1.48. The van der Waals surface area contributed by atoms with Crippen molar-refractivity contribution in [2.45, 2.75) is 44.6 Å². The molecule has 1 aliphatic carbocycles. The second-order valence-electron chi connectivity index (χ2n) is 7.71. The maximum atomic E-state index is 9.06. The fourth-order valence-electron chi connectivity index (χ4n) is 4.36. The van der Waals surface area contributed by atoms with Crippen LogP contribution in [0, 0.1) is 0 Å². The van der Waals surface area contributed by atoms with Crippen molar-refractivity contribution >= 4 is 22.7 Å². The molecular formula is C21H31N5O. The minimum absolute atomic E-state index is 0.187. The molecule has 0 spiro atoms. The molecule has 2 fully saturated rings. The topological polar surface area (TPSA) is 64.5 Å². The first kappa shape index (κ1) is 18.4. The molecule has 0 bridgehead atoms. The number of hydrogen-bond donors (Lipinski definition) is 2. The molecule has 2 aliphatic rings. The van der Waals surface area contributed by atoms with Gasteiger partial charge >= 0.3 is 0 Å². The number of benzene rings is 1. The first-order valence-corrected chi connectivity index (χ1v) is 10.5. The molecule has 6 nitrogen and oxygen atoms in total. The van der Waals surface area contributed by atoms with Gasteiger partial charge in [-0.1, -0.05) is 31.4 Å². The molecule has 0 radical (unpaired) electrons. The van der Waals surface area contributed by atoms with Crippen molar-refractivity contribution in [1.82, 2.24) is 14.9 Å². The van der Waals surface area contributed by atoms with Crippen LogP contribution in [0.3, 0.4) is 0 Å². The third kappa shape index (κ3) is 4.33. The van der Waals surface area contributed by atoms with E-state index in [1.165, 1.54) is 32.1 Å². The Morgan fingerprint density at radius 3 is 2.56 bits per heavy atom. The van der Waals surface area contributed by atoms with Crippen LogP contribution in [0.25, 0.3) is 10.9 Å². The van der Waals surface area contributed by atoms with Crippen molar-refractivity contribution in [3.63, 3.8) is 0 Å². The monoisotopic (exact) mass is 369 g/mol. The lowest BCUT2D eigenvalue weighted by atomic mass is 9.94. The van der Waals surface area contributed by atoms with Crippen molar-refractivity contribution in [2.75, 3.05) is 49.5 Å². The first-order chi connectivity index (χ1) is 13.3. The summed E-state index contributed by atoms with van der Waals surface area (Å²) in [6, 6.07) is 8.94. The average molecular weight is 370 g/mol. The SMILES string of the molecule is OCCCNc1nc(N2CCN(C3CCCCC3)CC2)nc2ccccc12. The highest BCUT2D eigenvalue weighted by atomic mass is 16.3. The van der Waals surface area contributed by atoms with Crippen molar-refractivity contribution in [3.05, 3.63) is 24.3 Å². The van der Waals surface area contributed by atoms with Crippen LogP contribution < -0.4 is 10.2 Å². The standard InChI is InChI=1S/C21H31N5O/c27-16-6-11-22-20-18-9-4-5-10-19(18)23-21(24-20)26-14-12-25(13-15-26)17-7-2-1-3-8-17/h4-5,9-10,17,27H,1-3,6-8,11-16H2,(H,22,23,24). The molecule has 0 unspecified atom stereocenters. The molecule has 6 heteroatoms. The highest BCUT2D eigenvalue weighted by Gasteiger charge is 2.26. The second kappa shape index (κ2) is 8.85. The molecule has 4 rings (SSSR count). The third-order valence-electron chi connectivity index (χ3n) is 5.91. The van der Waals surface area contributed by atoms with Gasteiger partial charge in [-0.2, -0.15) is 4.98 Å². The van der Waals surface area contributed by atoms with E-state index in [-0.39, 0.29) is 6.61 Å². The minimum Gasteiger partial charge on any atom is -0.396 e. The van der Waals surface area contributed by atoms with Crippen LogP contribution in [0.15, 0.2) is 24.3 Å². The summed E-state index contributed by atoms with van der Waals surface area (Å²) >= 11 is 0. The van der Waals surface area contributed by atoms with Gasteiger partial charge in [0, 0.05) is 50.8 Å². The Bertz CT molecular complexity index is 738. The number of fused-ring (bicyclic) bond motifs is 1. The number of aliphatic hydroxyl groups is 1. The average Bonchev–Trinajstić information content (AvgIpc) is 2.74. The van der Waals surface area contributed by atoms with Crippen LogP contribution in [-0.4, -0.2) is 65.3 Å². The molecule has 1 saturated heterocycles. The van der Waals surface area contributed by atoms with Crippen molar-refractivity contribution in [2.24, 2.45) is 0 Å². The van der Waals surface area contributed by atoms with Crippen LogP contribution in [0.5, 0.6) is 0 Å². The normalized spacial score (nSPS) is 19.5. The Morgan fingerprint density at radius 2 is 1.78 bits per heavy atom. The number of nitrogens with one attached hydrogen (secondary N) is 1. The highest BCUT2D eigenvalue weighted by Crippen LogP contribution is 2.26. The first-order valence-electron chi connectivity index (χ1n) is 10.5. The van der Waals surface area contributed by atoms with Crippen molar-refractivity contribution in [1.29, 1.82) is 0 Å². The highest BCUT2D eigenvalue weighted by molar-refractivity contribution is 5.90. The van der Waals surface area contributed by atoms with Crippen LogP contribution in [0.4, 0.5) is 11.8 Å². The van der Waals surface area contributed by atoms with Gasteiger partial charge in [-0.05, 0) is 31.4 Å². The molecule has 1 aromatic heterocycles. The van der Waals surface area contributed by atoms with E-state index in [1.807, 2.05) is 12.1 Å². The Labute approximate surface area is 161 Å². The zero-order valence-electron chi connectivity index (χ0n) is 16.1. The van der Waals surface area contributed by atoms with E-state index in [9.17, 15) is 0 Å². The number of anilines is 2. The zero-order chi connectivity index (χ0) is 18.5. The molecule has 27 heavy (non-hydrogen) atoms. The summed E-state index contributed by atoms with van der Waals surface area (Å²) in [4.78, 5) is 14.7. The molecule has 0 atom stereocenters. The fourth-order valence-corrected chi connectivity index (χ4v) is 4.36. The molecule has 0 amide bonds. The number of hydrogen-bond acceptors (Lipinski definition) is 6. The van der Waals surface area contributed by atoms with E-state index in [1.54, 1.807) is 0 Å². The maximum Gasteiger partial charge on any atom is 0.227 e. The summed E-state index contributed by atoms with van der Waals surface area (Å²) in [7, 11) is 0. The molecule has 1 aliphatic heterocycles. The largest absolute Gasteiger partial charge is 0.396 e. The maximum absolute atomic E-state index is 9.06. The van der Waals surface area contributed by atoms with Crippen molar-refractivity contribution in [3.8, 4) is 0 Å². The van der Waals surface area contributed by atoms with E-state index >= 15 is 0 Å². The quantitative estimate of drug-likeness (QED) is 0.764. The van der Waals surface area contributed by atoms with Crippen LogP contribution >= 0.6 is 0 Å². The number of rotatable bonds is 6. The number of aliphatic hydroxyl groups excluding tert-OH is 1. The fraction of sp³-hybridized carbons (Fsp3) is 0.619. The zero-order valence-corrected chi connectivity index (χ0v) is 16.1. The Morgan fingerprint density at radius 1 is 1.00 bits per heavy atom. The molecule has 2 heterocycles. The van der Waals surface area contributed by atoms with Gasteiger partial charge in [0.2, 0.25) is 5.95 Å². The summed E-state index contributed by atoms with van der Waals surface area (Å²) in [5.74, 6) is 1.70. The van der Waals surface area contributed by atoms with Gasteiger partial charge in [0.05, 0.1) is 5.52 Å². The summed E-state index contributed by atoms with van der Waals surface area (Å²) in [6.07, 6.45) is 7.64. The van der Waals surface area contributed by atoms with Crippen LogP contribution in [0.1, 0.15) is 38.5 Å². The molecule has 146 valence electrons. The predicted octanol–water partition coefficient (Wildman–Crippen LogP) is 2.88. The van der Waals surface area contributed by atoms with Gasteiger partial charge in [-0.25, -0.2) is 4.98 Å². The Kier molecular flexibility index (Phi) is 6.04. The van der Waals surface area contributed by atoms with Gasteiger partial charge in [0.1, 0.15) is 5.82 Å². The summed E-state index contributed by atoms with van der Waals surface area (Å²) < 4.78 is 0. The molecule has 1 saturated carbocycles. The van der Waals surface area contributed by atoms with Crippen molar-refractivity contribution < 1.29 is 5.11 Å². The van der Waals surface area contributed by atoms with Gasteiger partial charge in [-0.15, -0.1) is 0 Å². The van der Waals surface area contributed by atoms with Crippen LogP contribution in [-0.2, 0) is 0 Å². The summed E-state index contributed by atoms with van der Waals surface area (Å²) in [6.45, 7) is 5.09. The van der Waals surface area contributed by atoms with Gasteiger partial charge in [0.15, 0.2) is 0 Å². The number of para-hydroxylation sites is 1. The lowest BCUT2D eigenvalue weighted by Crippen LogP contribution is -2.51. The van der Waals surface area contributed by atoms with E-state index in [4.69, 9.17) is 15.1 Å². The summed E-state index contributed by atoms with van der Waals surface area (Å²) in [5.41, 5.74) is 0.976. The van der Waals surface area contributed by atoms with E-state index in [0.29, 0.717) is 13.0 Å². The van der Waals surface area contributed by atoms with Gasteiger partial charge in [-0.3, -0.25) is 4.90 Å².